The van der Waals surface area contributed by atoms with Crippen LogP contribution in [0.4, 0.5) is 0 Å². The van der Waals surface area contributed by atoms with Crippen molar-refractivity contribution < 1.29 is 4.79 Å². The average molecular weight is 199 g/mol. The van der Waals surface area contributed by atoms with E-state index in [1.54, 1.807) is 0 Å². The molecule has 4 nitrogen and oxygen atoms in total. The van der Waals surface area contributed by atoms with Crippen LogP contribution in [0, 0.1) is 5.92 Å². The number of likely N-dealkylation sites (N-methyl/N-ethyl adjacent to an activating group) is 1. The second-order valence-corrected chi connectivity index (χ2v) is 3.80. The molecule has 0 spiro atoms. The number of hydrogen-bond donors (Lipinski definition) is 3. The Labute approximate surface area is 85.8 Å². The molecule has 0 saturated carbocycles. The number of nitrogens with one attached hydrogen (secondary N) is 3. The maximum atomic E-state index is 11.1. The predicted molar refractivity (Wildman–Crippen MR) is 57.1 cm³/mol. The van der Waals surface area contributed by atoms with Crippen LogP contribution in [0.3, 0.4) is 0 Å². The molecule has 1 rings (SSSR count). The molecule has 1 atom stereocenters. The fraction of sp³-hybridized carbons (Fsp3) is 0.900. The van der Waals surface area contributed by atoms with Gasteiger partial charge in [0.25, 0.3) is 0 Å². The lowest BCUT2D eigenvalue weighted by molar-refractivity contribution is -0.120. The van der Waals surface area contributed by atoms with Gasteiger partial charge in [-0.1, -0.05) is 0 Å². The average Bonchev–Trinajstić information content (AvgIpc) is 2.20. The lowest BCUT2D eigenvalue weighted by Gasteiger charge is -2.22. The first kappa shape index (κ1) is 11.5. The lowest BCUT2D eigenvalue weighted by Crippen LogP contribution is -2.40. The van der Waals surface area contributed by atoms with Gasteiger partial charge in [-0.3, -0.25) is 4.79 Å². The molecular formula is C10H21N3O. The zero-order valence-electron chi connectivity index (χ0n) is 8.94. The van der Waals surface area contributed by atoms with Gasteiger partial charge in [-0.05, 0) is 45.3 Å². The molecule has 1 aliphatic heterocycles. The maximum absolute atomic E-state index is 11.1. The fourth-order valence-electron chi connectivity index (χ4n) is 1.75. The third-order valence-electron chi connectivity index (χ3n) is 2.49. The first-order valence-corrected chi connectivity index (χ1v) is 5.51. The summed E-state index contributed by atoms with van der Waals surface area (Å²) in [6.45, 7) is 6.28. The van der Waals surface area contributed by atoms with Crippen molar-refractivity contribution in [2.45, 2.75) is 19.8 Å². The molecule has 1 fully saturated rings. The molecule has 3 N–H and O–H groups in total. The molecule has 0 aliphatic carbocycles. The number of carbonyl (C=O) groups is 1. The van der Waals surface area contributed by atoms with Gasteiger partial charge in [0, 0.05) is 6.54 Å². The van der Waals surface area contributed by atoms with Crippen molar-refractivity contribution in [2.24, 2.45) is 5.92 Å². The molecule has 4 heteroatoms. The Kier molecular flexibility index (Phi) is 5.56. The van der Waals surface area contributed by atoms with Crippen molar-refractivity contribution in [1.82, 2.24) is 16.0 Å². The van der Waals surface area contributed by atoms with E-state index in [0.29, 0.717) is 19.0 Å². The van der Waals surface area contributed by atoms with E-state index in [-0.39, 0.29) is 5.91 Å². The minimum absolute atomic E-state index is 0.0938. The van der Waals surface area contributed by atoms with Crippen LogP contribution in [0.1, 0.15) is 19.8 Å². The van der Waals surface area contributed by atoms with Gasteiger partial charge in [0.15, 0.2) is 0 Å². The molecular weight excluding hydrogens is 178 g/mol. The Morgan fingerprint density at radius 1 is 1.57 bits per heavy atom. The van der Waals surface area contributed by atoms with Crippen LogP contribution >= 0.6 is 0 Å². The zero-order valence-corrected chi connectivity index (χ0v) is 8.94. The summed E-state index contributed by atoms with van der Waals surface area (Å²) in [5, 5.41) is 9.31. The molecule has 0 aromatic carbocycles. The molecule has 82 valence electrons. The van der Waals surface area contributed by atoms with Gasteiger partial charge >= 0.3 is 0 Å². The molecule has 1 heterocycles. The molecule has 0 bridgehead atoms. The van der Waals surface area contributed by atoms with E-state index in [2.05, 4.69) is 16.0 Å². The van der Waals surface area contributed by atoms with Crippen LogP contribution in [0.5, 0.6) is 0 Å². The Morgan fingerprint density at radius 2 is 2.43 bits per heavy atom. The number of hydrogen-bond acceptors (Lipinski definition) is 3. The summed E-state index contributed by atoms with van der Waals surface area (Å²) >= 11 is 0. The van der Waals surface area contributed by atoms with Gasteiger partial charge in [-0.15, -0.1) is 0 Å². The van der Waals surface area contributed by atoms with Gasteiger partial charge in [0.1, 0.15) is 0 Å². The maximum Gasteiger partial charge on any atom is 0.233 e. The number of carbonyl (C=O) groups excluding carboxylic acids is 1. The smallest absolute Gasteiger partial charge is 0.233 e. The van der Waals surface area contributed by atoms with Gasteiger partial charge in [-0.25, -0.2) is 0 Å². The first-order chi connectivity index (χ1) is 6.83. The second-order valence-electron chi connectivity index (χ2n) is 3.80. The topological polar surface area (TPSA) is 53.2 Å². The van der Waals surface area contributed by atoms with E-state index >= 15 is 0 Å². The molecule has 0 aromatic heterocycles. The number of rotatable bonds is 5. The summed E-state index contributed by atoms with van der Waals surface area (Å²) in [5.41, 5.74) is 0. The van der Waals surface area contributed by atoms with Crippen LogP contribution < -0.4 is 16.0 Å². The predicted octanol–water partition coefficient (Wildman–Crippen LogP) is -0.288. The summed E-state index contributed by atoms with van der Waals surface area (Å²) in [6, 6.07) is 0. The molecule has 1 amide bonds. The highest BCUT2D eigenvalue weighted by Gasteiger charge is 2.12. The summed E-state index contributed by atoms with van der Waals surface area (Å²) in [4.78, 5) is 11.1. The second kappa shape index (κ2) is 6.79. The van der Waals surface area contributed by atoms with E-state index < -0.39 is 0 Å². The van der Waals surface area contributed by atoms with Gasteiger partial charge in [-0.2, -0.15) is 0 Å². The highest BCUT2D eigenvalue weighted by molar-refractivity contribution is 5.77. The lowest BCUT2D eigenvalue weighted by atomic mass is 10.00. The molecule has 1 unspecified atom stereocenters. The third-order valence-corrected chi connectivity index (χ3v) is 2.49. The van der Waals surface area contributed by atoms with Crippen LogP contribution in [-0.2, 0) is 4.79 Å². The van der Waals surface area contributed by atoms with E-state index in [0.717, 1.165) is 19.6 Å². The van der Waals surface area contributed by atoms with Gasteiger partial charge in [0.05, 0.1) is 6.54 Å². The Balaban J connectivity index is 1.99. The van der Waals surface area contributed by atoms with E-state index in [1.807, 2.05) is 6.92 Å². The van der Waals surface area contributed by atoms with Crippen molar-refractivity contribution in [1.29, 1.82) is 0 Å². The van der Waals surface area contributed by atoms with E-state index in [4.69, 9.17) is 0 Å². The Morgan fingerprint density at radius 3 is 3.07 bits per heavy atom. The Bertz CT molecular complexity index is 167. The zero-order chi connectivity index (χ0) is 10.2. The molecule has 0 radical (unpaired) electrons. The highest BCUT2D eigenvalue weighted by Crippen LogP contribution is 2.07. The van der Waals surface area contributed by atoms with Gasteiger partial charge in [0.2, 0.25) is 5.91 Å². The van der Waals surface area contributed by atoms with Crippen LogP contribution in [0.25, 0.3) is 0 Å². The van der Waals surface area contributed by atoms with Crippen molar-refractivity contribution in [2.75, 3.05) is 32.7 Å². The van der Waals surface area contributed by atoms with Crippen molar-refractivity contribution >= 4 is 5.91 Å². The van der Waals surface area contributed by atoms with Crippen molar-refractivity contribution in [3.05, 3.63) is 0 Å². The Hall–Kier alpha value is -0.610. The quantitative estimate of drug-likeness (QED) is 0.570. The standard InChI is InChI=1S/C10H21N3O/c1-2-13-10(14)8-12-7-9-4-3-5-11-6-9/h9,11-12H,2-8H2,1H3,(H,13,14). The van der Waals surface area contributed by atoms with Crippen LogP contribution in [0.15, 0.2) is 0 Å². The summed E-state index contributed by atoms with van der Waals surface area (Å²) in [5.74, 6) is 0.787. The summed E-state index contributed by atoms with van der Waals surface area (Å²) < 4.78 is 0. The van der Waals surface area contributed by atoms with Crippen LogP contribution in [-0.4, -0.2) is 38.6 Å². The monoisotopic (exact) mass is 199 g/mol. The van der Waals surface area contributed by atoms with Gasteiger partial charge < -0.3 is 16.0 Å². The minimum atomic E-state index is 0.0938. The normalized spacial score (nSPS) is 21.9. The van der Waals surface area contributed by atoms with Crippen LogP contribution in [0.2, 0.25) is 0 Å². The highest BCUT2D eigenvalue weighted by atomic mass is 16.1. The number of piperidine rings is 1. The molecule has 1 saturated heterocycles. The van der Waals surface area contributed by atoms with E-state index in [1.165, 1.54) is 12.8 Å². The molecule has 1 aliphatic rings. The molecule has 14 heavy (non-hydrogen) atoms. The largest absolute Gasteiger partial charge is 0.355 e. The van der Waals surface area contributed by atoms with E-state index in [9.17, 15) is 4.79 Å². The first-order valence-electron chi connectivity index (χ1n) is 5.51. The summed E-state index contributed by atoms with van der Waals surface area (Å²) in [6.07, 6.45) is 2.53. The van der Waals surface area contributed by atoms with Crippen molar-refractivity contribution in [3.63, 3.8) is 0 Å². The number of amides is 1. The minimum Gasteiger partial charge on any atom is -0.355 e. The molecule has 0 aromatic rings. The van der Waals surface area contributed by atoms with Crippen molar-refractivity contribution in [3.8, 4) is 0 Å². The fourth-order valence-corrected chi connectivity index (χ4v) is 1.75. The third kappa shape index (κ3) is 4.58. The summed E-state index contributed by atoms with van der Waals surface area (Å²) in [7, 11) is 0. The SMILES string of the molecule is CCNC(=O)CNCC1CCCNC1.